The van der Waals surface area contributed by atoms with Crippen LogP contribution in [0.5, 0.6) is 0 Å². The fourth-order valence-electron chi connectivity index (χ4n) is 3.01. The Bertz CT molecular complexity index is 575. The van der Waals surface area contributed by atoms with Gasteiger partial charge in [-0.25, -0.2) is 0 Å². The summed E-state index contributed by atoms with van der Waals surface area (Å²) in [4.78, 5) is 0. The molecule has 3 heteroatoms. The minimum absolute atomic E-state index is 0.862. The van der Waals surface area contributed by atoms with Gasteiger partial charge in [0.25, 0.3) is 0 Å². The number of piperidine rings is 1. The Morgan fingerprint density at radius 1 is 0.857 bits per heavy atom. The monoisotopic (exact) mass is 363 g/mol. The zero-order valence-corrected chi connectivity index (χ0v) is 15.1. The molecule has 0 aliphatic carbocycles. The van der Waals surface area contributed by atoms with Crippen LogP contribution in [0.15, 0.2) is 60.7 Å². The summed E-state index contributed by atoms with van der Waals surface area (Å²) in [6.45, 7) is 4.78. The molecule has 0 amide bonds. The van der Waals surface area contributed by atoms with Gasteiger partial charge in [-0.15, -0.1) is 0 Å². The van der Waals surface area contributed by atoms with Crippen molar-refractivity contribution in [3.63, 3.8) is 0 Å². The van der Waals surface area contributed by atoms with E-state index in [0.717, 1.165) is 5.92 Å². The summed E-state index contributed by atoms with van der Waals surface area (Å²) < 4.78 is 2.72. The van der Waals surface area contributed by atoms with Crippen molar-refractivity contribution < 1.29 is 0 Å². The minimum atomic E-state index is -1.57. The van der Waals surface area contributed by atoms with E-state index in [0.29, 0.717) is 0 Å². The number of nitrogens with zero attached hydrogens (tertiary/aromatic N) is 1. The van der Waals surface area contributed by atoms with E-state index in [-0.39, 0.29) is 0 Å². The molecular formula is C18H22NPSe. The van der Waals surface area contributed by atoms with Crippen molar-refractivity contribution in [1.29, 1.82) is 0 Å². The van der Waals surface area contributed by atoms with Gasteiger partial charge in [0.05, 0.1) is 0 Å². The van der Waals surface area contributed by atoms with E-state index in [4.69, 9.17) is 0 Å². The van der Waals surface area contributed by atoms with E-state index in [1.807, 2.05) is 0 Å². The normalized spacial score (nSPS) is 17.8. The first-order chi connectivity index (χ1) is 10.2. The summed E-state index contributed by atoms with van der Waals surface area (Å²) in [6.07, 6.45) is 2.62. The number of hydrogen-bond donors (Lipinski definition) is 0. The predicted octanol–water partition coefficient (Wildman–Crippen LogP) is 3.39. The molecule has 3 rings (SSSR count). The summed E-state index contributed by atoms with van der Waals surface area (Å²) in [6, 6.07) is 22.0. The standard InChI is InChI=1S/C18H22NPSe/c1-16-12-14-19(15-13-16)20(21,17-8-4-2-5-9-17)18-10-6-3-7-11-18/h2-11,16H,12-15H2,1H3. The number of benzene rings is 2. The molecule has 0 radical (unpaired) electrons. The molecule has 0 unspecified atom stereocenters. The van der Waals surface area contributed by atoms with Gasteiger partial charge in [-0.1, -0.05) is 0 Å². The molecule has 2 aromatic rings. The molecular weight excluding hydrogens is 340 g/mol. The summed E-state index contributed by atoms with van der Waals surface area (Å²) in [7, 11) is 0. The zero-order chi connectivity index (χ0) is 14.7. The predicted molar refractivity (Wildman–Crippen MR) is 94.8 cm³/mol. The Balaban J connectivity index is 2.06. The van der Waals surface area contributed by atoms with Gasteiger partial charge in [0.15, 0.2) is 0 Å². The molecule has 21 heavy (non-hydrogen) atoms. The van der Waals surface area contributed by atoms with Gasteiger partial charge in [-0.3, -0.25) is 0 Å². The summed E-state index contributed by atoms with van der Waals surface area (Å²) >= 11 is 3.64. The molecule has 0 N–H and O–H groups in total. The first-order valence-electron chi connectivity index (χ1n) is 7.68. The van der Waals surface area contributed by atoms with E-state index in [1.165, 1.54) is 36.5 Å². The van der Waals surface area contributed by atoms with Gasteiger partial charge in [-0.05, 0) is 0 Å². The SMILES string of the molecule is CC1CCN(P(=[Se])(c2ccccc2)c2ccccc2)CC1. The van der Waals surface area contributed by atoms with Crippen LogP contribution in [0.4, 0.5) is 0 Å². The summed E-state index contributed by atoms with van der Waals surface area (Å²) in [5.41, 5.74) is -1.57. The van der Waals surface area contributed by atoms with Crippen LogP contribution in [-0.2, 0) is 0 Å². The third-order valence-corrected chi connectivity index (χ3v) is 11.7. The van der Waals surface area contributed by atoms with Crippen LogP contribution in [-0.4, -0.2) is 32.9 Å². The van der Waals surface area contributed by atoms with Crippen LogP contribution >= 0.6 is 5.66 Å². The maximum absolute atomic E-state index is 3.64. The van der Waals surface area contributed by atoms with Crippen molar-refractivity contribution in [2.45, 2.75) is 19.8 Å². The molecule has 1 nitrogen and oxygen atoms in total. The van der Waals surface area contributed by atoms with E-state index >= 15 is 0 Å². The van der Waals surface area contributed by atoms with Gasteiger partial charge in [0.1, 0.15) is 0 Å². The molecule has 1 aliphatic rings. The molecule has 0 spiro atoms. The van der Waals surface area contributed by atoms with Crippen LogP contribution in [0.25, 0.3) is 0 Å². The Hall–Kier alpha value is -0.651. The van der Waals surface area contributed by atoms with Crippen molar-refractivity contribution in [2.75, 3.05) is 13.1 Å². The molecule has 1 saturated heterocycles. The third-order valence-electron chi connectivity index (χ3n) is 4.37. The molecule has 0 saturated carbocycles. The molecule has 1 aliphatic heterocycles. The Morgan fingerprint density at radius 2 is 1.29 bits per heavy atom. The summed E-state index contributed by atoms with van der Waals surface area (Å²) in [5.74, 6) is 0.862. The van der Waals surface area contributed by atoms with Crippen LogP contribution in [0.1, 0.15) is 19.8 Å². The molecule has 1 fully saturated rings. The fraction of sp³-hybridized carbons (Fsp3) is 0.333. The maximum atomic E-state index is 3.64. The van der Waals surface area contributed by atoms with Crippen molar-refractivity contribution in [3.8, 4) is 0 Å². The van der Waals surface area contributed by atoms with Crippen molar-refractivity contribution >= 4 is 31.4 Å². The number of hydrogen-bond acceptors (Lipinski definition) is 1. The molecule has 1 heterocycles. The quantitative estimate of drug-likeness (QED) is 0.598. The average molecular weight is 362 g/mol. The molecule has 0 atom stereocenters. The Morgan fingerprint density at radius 3 is 1.71 bits per heavy atom. The van der Waals surface area contributed by atoms with Gasteiger partial charge >= 0.3 is 135 Å². The van der Waals surface area contributed by atoms with Crippen molar-refractivity contribution in [2.24, 2.45) is 5.92 Å². The fourth-order valence-corrected chi connectivity index (χ4v) is 8.47. The molecule has 2 aromatic carbocycles. The van der Waals surface area contributed by atoms with E-state index in [1.54, 1.807) is 0 Å². The van der Waals surface area contributed by atoms with E-state index in [9.17, 15) is 0 Å². The van der Waals surface area contributed by atoms with Crippen molar-refractivity contribution in [3.05, 3.63) is 60.7 Å². The second kappa shape index (κ2) is 6.63. The third kappa shape index (κ3) is 3.10. The molecule has 110 valence electrons. The van der Waals surface area contributed by atoms with Crippen molar-refractivity contribution in [1.82, 2.24) is 4.67 Å². The van der Waals surface area contributed by atoms with Crippen LogP contribution in [0, 0.1) is 5.92 Å². The van der Waals surface area contributed by atoms with Gasteiger partial charge in [0.2, 0.25) is 0 Å². The topological polar surface area (TPSA) is 3.24 Å². The first kappa shape index (κ1) is 15.3. The molecule has 0 aromatic heterocycles. The first-order valence-corrected chi connectivity index (χ1v) is 11.6. The van der Waals surface area contributed by atoms with E-state index < -0.39 is 5.66 Å². The van der Waals surface area contributed by atoms with Gasteiger partial charge in [0, 0.05) is 0 Å². The number of rotatable bonds is 3. The van der Waals surface area contributed by atoms with Gasteiger partial charge in [-0.2, -0.15) is 0 Å². The Labute approximate surface area is 135 Å². The van der Waals surface area contributed by atoms with Crippen LogP contribution in [0.3, 0.4) is 0 Å². The van der Waals surface area contributed by atoms with Crippen LogP contribution in [0.2, 0.25) is 0 Å². The van der Waals surface area contributed by atoms with Crippen LogP contribution < -0.4 is 10.6 Å². The second-order valence-electron chi connectivity index (χ2n) is 5.88. The van der Waals surface area contributed by atoms with Gasteiger partial charge < -0.3 is 0 Å². The average Bonchev–Trinajstić information content (AvgIpc) is 2.56. The van der Waals surface area contributed by atoms with E-state index in [2.05, 4.69) is 87.4 Å². The second-order valence-corrected chi connectivity index (χ2v) is 12.0. The Kier molecular flexibility index (Phi) is 4.81. The summed E-state index contributed by atoms with van der Waals surface area (Å²) in [5, 5.41) is 2.90. The zero-order valence-electron chi connectivity index (χ0n) is 12.5. The molecule has 0 bridgehead atoms.